The molecule has 0 aliphatic heterocycles. The summed E-state index contributed by atoms with van der Waals surface area (Å²) >= 11 is 7.73. The van der Waals surface area contributed by atoms with Crippen molar-refractivity contribution in [3.63, 3.8) is 0 Å². The van der Waals surface area contributed by atoms with Crippen LogP contribution in [0.15, 0.2) is 35.8 Å². The van der Waals surface area contributed by atoms with Gasteiger partial charge in [-0.3, -0.25) is 0 Å². The molecule has 1 atom stereocenters. The first-order valence-electron chi connectivity index (χ1n) is 4.68. The zero-order chi connectivity index (χ0) is 10.7. The molecule has 2 heterocycles. The van der Waals surface area contributed by atoms with E-state index in [4.69, 9.17) is 11.6 Å². The summed E-state index contributed by atoms with van der Waals surface area (Å²) in [6, 6.07) is 8.02. The standard InChI is InChI=1S/C11H11ClN2S/c1-8(10-5-3-7-15-10)14-11-9(12)4-2-6-13-11/h2-8H,1H3,(H,13,14). The van der Waals surface area contributed by atoms with Gasteiger partial charge in [-0.1, -0.05) is 17.7 Å². The van der Waals surface area contributed by atoms with Crippen molar-refractivity contribution in [2.75, 3.05) is 5.32 Å². The fourth-order valence-corrected chi connectivity index (χ4v) is 2.22. The molecule has 0 aromatic carbocycles. The highest BCUT2D eigenvalue weighted by molar-refractivity contribution is 7.10. The minimum atomic E-state index is 0.234. The Morgan fingerprint density at radius 2 is 2.27 bits per heavy atom. The third-order valence-electron chi connectivity index (χ3n) is 2.08. The van der Waals surface area contributed by atoms with Crippen LogP contribution in [-0.2, 0) is 0 Å². The number of anilines is 1. The second-order valence-electron chi connectivity index (χ2n) is 3.22. The highest BCUT2D eigenvalue weighted by atomic mass is 35.5. The van der Waals surface area contributed by atoms with Crippen molar-refractivity contribution in [1.82, 2.24) is 4.98 Å². The van der Waals surface area contributed by atoms with Crippen LogP contribution in [0.5, 0.6) is 0 Å². The number of nitrogens with zero attached hydrogens (tertiary/aromatic N) is 1. The van der Waals surface area contributed by atoms with Gasteiger partial charge in [0.1, 0.15) is 5.82 Å². The molecule has 1 N–H and O–H groups in total. The van der Waals surface area contributed by atoms with E-state index in [1.807, 2.05) is 18.2 Å². The molecule has 2 nitrogen and oxygen atoms in total. The van der Waals surface area contributed by atoms with Gasteiger partial charge >= 0.3 is 0 Å². The largest absolute Gasteiger partial charge is 0.362 e. The van der Waals surface area contributed by atoms with Gasteiger partial charge in [0.05, 0.1) is 11.1 Å². The third-order valence-corrected chi connectivity index (χ3v) is 3.44. The Balaban J connectivity index is 2.13. The van der Waals surface area contributed by atoms with Crippen molar-refractivity contribution in [1.29, 1.82) is 0 Å². The topological polar surface area (TPSA) is 24.9 Å². The van der Waals surface area contributed by atoms with Crippen LogP contribution in [0.2, 0.25) is 5.02 Å². The second kappa shape index (κ2) is 4.64. The van der Waals surface area contributed by atoms with E-state index >= 15 is 0 Å². The summed E-state index contributed by atoms with van der Waals surface area (Å²) in [6.45, 7) is 2.09. The Bertz CT molecular complexity index is 428. The molecule has 2 aromatic heterocycles. The van der Waals surface area contributed by atoms with Crippen LogP contribution in [0.1, 0.15) is 17.8 Å². The molecule has 0 amide bonds. The fourth-order valence-electron chi connectivity index (χ4n) is 1.31. The van der Waals surface area contributed by atoms with E-state index in [1.165, 1.54) is 4.88 Å². The van der Waals surface area contributed by atoms with Gasteiger partial charge in [-0.2, -0.15) is 0 Å². The molecule has 78 valence electrons. The average molecular weight is 239 g/mol. The summed E-state index contributed by atoms with van der Waals surface area (Å²) in [4.78, 5) is 5.46. The summed E-state index contributed by atoms with van der Waals surface area (Å²) in [5.41, 5.74) is 0. The van der Waals surface area contributed by atoms with E-state index in [2.05, 4.69) is 28.7 Å². The molecular formula is C11H11ClN2S. The Kier molecular flexibility index (Phi) is 3.23. The molecule has 15 heavy (non-hydrogen) atoms. The molecule has 0 bridgehead atoms. The van der Waals surface area contributed by atoms with Gasteiger partial charge in [0, 0.05) is 11.1 Å². The van der Waals surface area contributed by atoms with E-state index in [9.17, 15) is 0 Å². The predicted molar refractivity (Wildman–Crippen MR) is 65.6 cm³/mol. The summed E-state index contributed by atoms with van der Waals surface area (Å²) in [5.74, 6) is 0.736. The third kappa shape index (κ3) is 2.49. The SMILES string of the molecule is CC(Nc1ncccc1Cl)c1cccs1. The monoisotopic (exact) mass is 238 g/mol. The Labute approximate surface area is 97.9 Å². The number of nitrogens with one attached hydrogen (secondary N) is 1. The molecule has 0 radical (unpaired) electrons. The number of rotatable bonds is 3. The Morgan fingerprint density at radius 1 is 1.40 bits per heavy atom. The molecule has 0 saturated heterocycles. The Morgan fingerprint density at radius 3 is 2.93 bits per heavy atom. The van der Waals surface area contributed by atoms with E-state index < -0.39 is 0 Å². The van der Waals surface area contributed by atoms with Crippen molar-refractivity contribution in [3.8, 4) is 0 Å². The van der Waals surface area contributed by atoms with Crippen LogP contribution < -0.4 is 5.32 Å². The number of hydrogen-bond acceptors (Lipinski definition) is 3. The van der Waals surface area contributed by atoms with Crippen LogP contribution in [0.25, 0.3) is 0 Å². The smallest absolute Gasteiger partial charge is 0.145 e. The van der Waals surface area contributed by atoms with Crippen LogP contribution in [0.3, 0.4) is 0 Å². The lowest BCUT2D eigenvalue weighted by Crippen LogP contribution is -2.06. The second-order valence-corrected chi connectivity index (χ2v) is 4.60. The van der Waals surface area contributed by atoms with Crippen molar-refractivity contribution in [3.05, 3.63) is 45.7 Å². The quantitative estimate of drug-likeness (QED) is 0.875. The van der Waals surface area contributed by atoms with Crippen LogP contribution >= 0.6 is 22.9 Å². The number of pyridine rings is 1. The molecule has 0 aliphatic rings. The number of aromatic nitrogens is 1. The zero-order valence-electron chi connectivity index (χ0n) is 8.27. The van der Waals surface area contributed by atoms with Gasteiger partial charge in [0.2, 0.25) is 0 Å². The molecule has 0 spiro atoms. The molecule has 2 rings (SSSR count). The van der Waals surface area contributed by atoms with Gasteiger partial charge in [0.15, 0.2) is 0 Å². The minimum absolute atomic E-state index is 0.234. The fraction of sp³-hybridized carbons (Fsp3) is 0.182. The highest BCUT2D eigenvalue weighted by Gasteiger charge is 2.08. The van der Waals surface area contributed by atoms with E-state index in [0.29, 0.717) is 5.02 Å². The van der Waals surface area contributed by atoms with Crippen molar-refractivity contribution < 1.29 is 0 Å². The van der Waals surface area contributed by atoms with Gasteiger partial charge in [-0.25, -0.2) is 4.98 Å². The van der Waals surface area contributed by atoms with Crippen molar-refractivity contribution in [2.45, 2.75) is 13.0 Å². The molecule has 0 saturated carbocycles. The maximum absolute atomic E-state index is 6.01. The summed E-state index contributed by atoms with van der Waals surface area (Å²) in [5, 5.41) is 6.00. The molecule has 0 fully saturated rings. The van der Waals surface area contributed by atoms with Crippen molar-refractivity contribution >= 4 is 28.8 Å². The first kappa shape index (κ1) is 10.5. The predicted octanol–water partition coefficient (Wildman–Crippen LogP) is 3.97. The summed E-state index contributed by atoms with van der Waals surface area (Å²) in [6.07, 6.45) is 1.73. The number of hydrogen-bond donors (Lipinski definition) is 1. The van der Waals surface area contributed by atoms with Gasteiger partial charge in [-0.15, -0.1) is 11.3 Å². The molecule has 0 aliphatic carbocycles. The van der Waals surface area contributed by atoms with Crippen molar-refractivity contribution in [2.24, 2.45) is 0 Å². The Hall–Kier alpha value is -1.06. The molecular weight excluding hydrogens is 228 g/mol. The normalized spacial score (nSPS) is 12.4. The lowest BCUT2D eigenvalue weighted by atomic mass is 10.3. The summed E-state index contributed by atoms with van der Waals surface area (Å²) < 4.78 is 0. The van der Waals surface area contributed by atoms with E-state index in [0.717, 1.165) is 5.82 Å². The first-order chi connectivity index (χ1) is 7.27. The lowest BCUT2D eigenvalue weighted by molar-refractivity contribution is 0.897. The number of thiophene rings is 1. The molecule has 2 aromatic rings. The van der Waals surface area contributed by atoms with Crippen LogP contribution in [0, 0.1) is 0 Å². The zero-order valence-corrected chi connectivity index (χ0v) is 9.85. The van der Waals surface area contributed by atoms with Gasteiger partial charge in [-0.05, 0) is 30.5 Å². The van der Waals surface area contributed by atoms with Crippen LogP contribution in [-0.4, -0.2) is 4.98 Å². The minimum Gasteiger partial charge on any atom is -0.362 e. The van der Waals surface area contributed by atoms with Gasteiger partial charge < -0.3 is 5.32 Å². The first-order valence-corrected chi connectivity index (χ1v) is 5.93. The molecule has 1 unspecified atom stereocenters. The summed E-state index contributed by atoms with van der Waals surface area (Å²) in [7, 11) is 0. The van der Waals surface area contributed by atoms with Gasteiger partial charge in [0.25, 0.3) is 0 Å². The van der Waals surface area contributed by atoms with E-state index in [1.54, 1.807) is 17.5 Å². The van der Waals surface area contributed by atoms with E-state index in [-0.39, 0.29) is 6.04 Å². The maximum Gasteiger partial charge on any atom is 0.145 e. The highest BCUT2D eigenvalue weighted by Crippen LogP contribution is 2.25. The van der Waals surface area contributed by atoms with Crippen LogP contribution in [0.4, 0.5) is 5.82 Å². The lowest BCUT2D eigenvalue weighted by Gasteiger charge is -2.13. The molecule has 4 heteroatoms. The average Bonchev–Trinajstić information content (AvgIpc) is 2.74. The number of halogens is 1. The maximum atomic E-state index is 6.01.